The Morgan fingerprint density at radius 1 is 1.12 bits per heavy atom. The summed E-state index contributed by atoms with van der Waals surface area (Å²) in [4.78, 5) is 17.1. The van der Waals surface area contributed by atoms with Crippen LogP contribution in [0.1, 0.15) is 36.2 Å². The van der Waals surface area contributed by atoms with Crippen molar-refractivity contribution in [3.05, 3.63) is 81.5 Å². The van der Waals surface area contributed by atoms with Crippen LogP contribution in [-0.4, -0.2) is 11.5 Å². The number of allylic oxidation sites excluding steroid dienone is 2. The zero-order chi connectivity index (χ0) is 17.5. The molecule has 24 heavy (non-hydrogen) atoms. The smallest absolute Gasteiger partial charge is 0.212 e. The first kappa shape index (κ1) is 18.4. The summed E-state index contributed by atoms with van der Waals surface area (Å²) in [6, 6.07) is 14.8. The van der Waals surface area contributed by atoms with Gasteiger partial charge in [0.25, 0.3) is 0 Å². The SMILES string of the molecule is C/C=C(\N=C(C)CCc1cccc(Cl)c1)C(=O)c1ccccc1Cl. The Morgan fingerprint density at radius 3 is 2.54 bits per heavy atom. The second-order valence-electron chi connectivity index (χ2n) is 5.46. The molecule has 0 amide bonds. The van der Waals surface area contributed by atoms with Crippen LogP contribution in [0.2, 0.25) is 10.0 Å². The van der Waals surface area contributed by atoms with Crippen LogP contribution < -0.4 is 0 Å². The summed E-state index contributed by atoms with van der Waals surface area (Å²) >= 11 is 12.1. The van der Waals surface area contributed by atoms with Crippen molar-refractivity contribution in [2.75, 3.05) is 0 Å². The van der Waals surface area contributed by atoms with Gasteiger partial charge in [-0.05, 0) is 56.5 Å². The predicted molar refractivity (Wildman–Crippen MR) is 102 cm³/mol. The maximum Gasteiger partial charge on any atom is 0.212 e. The van der Waals surface area contributed by atoms with E-state index in [-0.39, 0.29) is 5.78 Å². The van der Waals surface area contributed by atoms with Gasteiger partial charge in [0.1, 0.15) is 5.70 Å². The Morgan fingerprint density at radius 2 is 1.88 bits per heavy atom. The number of carbonyl (C=O) groups excluding carboxylic acids is 1. The molecule has 0 radical (unpaired) electrons. The van der Waals surface area contributed by atoms with E-state index in [9.17, 15) is 4.79 Å². The molecular formula is C20H19Cl2NO. The van der Waals surface area contributed by atoms with Crippen molar-refractivity contribution in [2.45, 2.75) is 26.7 Å². The van der Waals surface area contributed by atoms with E-state index >= 15 is 0 Å². The highest BCUT2D eigenvalue weighted by Gasteiger charge is 2.14. The summed E-state index contributed by atoms with van der Waals surface area (Å²) in [5.74, 6) is -0.162. The number of rotatable bonds is 6. The molecule has 0 bridgehead atoms. The average molecular weight is 360 g/mol. The minimum Gasteiger partial charge on any atom is -0.287 e. The maximum absolute atomic E-state index is 12.6. The van der Waals surface area contributed by atoms with Gasteiger partial charge in [-0.15, -0.1) is 0 Å². The van der Waals surface area contributed by atoms with Crippen LogP contribution >= 0.6 is 23.2 Å². The van der Waals surface area contributed by atoms with Crippen molar-refractivity contribution in [1.82, 2.24) is 0 Å². The zero-order valence-corrected chi connectivity index (χ0v) is 15.2. The molecule has 0 spiro atoms. The summed E-state index contributed by atoms with van der Waals surface area (Å²) < 4.78 is 0. The van der Waals surface area contributed by atoms with Crippen molar-refractivity contribution in [3.63, 3.8) is 0 Å². The molecule has 0 aliphatic carbocycles. The number of hydrogen-bond donors (Lipinski definition) is 0. The third-order valence-electron chi connectivity index (χ3n) is 3.60. The maximum atomic E-state index is 12.6. The number of benzene rings is 2. The lowest BCUT2D eigenvalue weighted by Gasteiger charge is -2.06. The second kappa shape index (κ2) is 8.81. The van der Waals surface area contributed by atoms with Gasteiger partial charge in [0.15, 0.2) is 0 Å². The van der Waals surface area contributed by atoms with E-state index in [2.05, 4.69) is 4.99 Å². The number of aryl methyl sites for hydroxylation is 1. The van der Waals surface area contributed by atoms with E-state index in [0.29, 0.717) is 16.3 Å². The minimum atomic E-state index is -0.162. The standard InChI is InChI=1S/C20H19Cl2NO/c1-3-19(20(24)17-9-4-5-10-18(17)22)23-14(2)11-12-15-7-6-8-16(21)13-15/h3-10,13H,11-12H2,1-2H3/b19-3-,23-14?. The first-order chi connectivity index (χ1) is 11.5. The fourth-order valence-electron chi connectivity index (χ4n) is 2.31. The van der Waals surface area contributed by atoms with Gasteiger partial charge in [0.2, 0.25) is 5.78 Å². The molecule has 0 saturated heterocycles. The molecule has 0 aromatic heterocycles. The van der Waals surface area contributed by atoms with Gasteiger partial charge >= 0.3 is 0 Å². The van der Waals surface area contributed by atoms with Crippen LogP contribution in [0.3, 0.4) is 0 Å². The number of nitrogens with zero attached hydrogens (tertiary/aromatic N) is 1. The van der Waals surface area contributed by atoms with Crippen LogP contribution in [0.4, 0.5) is 0 Å². The molecule has 0 unspecified atom stereocenters. The van der Waals surface area contributed by atoms with Gasteiger partial charge in [-0.1, -0.05) is 53.5 Å². The molecule has 2 rings (SSSR count). The van der Waals surface area contributed by atoms with Crippen molar-refractivity contribution >= 4 is 34.7 Å². The molecule has 2 nitrogen and oxygen atoms in total. The van der Waals surface area contributed by atoms with E-state index in [1.54, 1.807) is 37.3 Å². The monoisotopic (exact) mass is 359 g/mol. The highest BCUT2D eigenvalue weighted by Crippen LogP contribution is 2.20. The molecule has 0 saturated carbocycles. The number of halogens is 2. The van der Waals surface area contributed by atoms with Gasteiger partial charge in [-0.2, -0.15) is 0 Å². The molecule has 0 heterocycles. The largest absolute Gasteiger partial charge is 0.287 e. The van der Waals surface area contributed by atoms with Crippen molar-refractivity contribution < 1.29 is 4.79 Å². The summed E-state index contributed by atoms with van der Waals surface area (Å²) in [5, 5.41) is 1.17. The lowest BCUT2D eigenvalue weighted by molar-refractivity contribution is 0.103. The molecule has 2 aromatic rings. The van der Waals surface area contributed by atoms with Crippen molar-refractivity contribution in [1.29, 1.82) is 0 Å². The topological polar surface area (TPSA) is 29.4 Å². The lowest BCUT2D eigenvalue weighted by Crippen LogP contribution is -2.05. The van der Waals surface area contributed by atoms with Crippen LogP contribution in [-0.2, 0) is 6.42 Å². The summed E-state index contributed by atoms with van der Waals surface area (Å²) in [6.07, 6.45) is 3.30. The van der Waals surface area contributed by atoms with E-state index in [1.807, 2.05) is 31.2 Å². The third-order valence-corrected chi connectivity index (χ3v) is 4.17. The highest BCUT2D eigenvalue weighted by molar-refractivity contribution is 6.35. The van der Waals surface area contributed by atoms with Crippen LogP contribution in [0.5, 0.6) is 0 Å². The Kier molecular flexibility index (Phi) is 6.77. The average Bonchev–Trinajstić information content (AvgIpc) is 2.58. The van der Waals surface area contributed by atoms with Crippen LogP contribution in [0, 0.1) is 0 Å². The Labute approximate surface area is 152 Å². The van der Waals surface area contributed by atoms with Gasteiger partial charge in [-0.25, -0.2) is 0 Å². The quantitative estimate of drug-likeness (QED) is 0.344. The molecule has 0 N–H and O–H groups in total. The molecule has 124 valence electrons. The first-order valence-corrected chi connectivity index (χ1v) is 8.51. The normalized spacial score (nSPS) is 12.3. The Bertz CT molecular complexity index is 794. The Hall–Kier alpha value is -1.90. The summed E-state index contributed by atoms with van der Waals surface area (Å²) in [5.41, 5.74) is 2.92. The van der Waals surface area contributed by atoms with E-state index < -0.39 is 0 Å². The van der Waals surface area contributed by atoms with Crippen molar-refractivity contribution in [2.24, 2.45) is 4.99 Å². The number of Topliss-reactive ketones (excluding diaryl/α,β-unsaturated/α-hetero) is 1. The number of carbonyl (C=O) groups is 1. The molecule has 0 fully saturated rings. The predicted octanol–water partition coefficient (Wildman–Crippen LogP) is 6.17. The second-order valence-corrected chi connectivity index (χ2v) is 6.30. The van der Waals surface area contributed by atoms with Gasteiger partial charge in [0, 0.05) is 16.3 Å². The molecule has 0 aliphatic rings. The molecule has 2 aromatic carbocycles. The number of hydrogen-bond acceptors (Lipinski definition) is 2. The van der Waals surface area contributed by atoms with Crippen LogP contribution in [0.15, 0.2) is 65.3 Å². The molecule has 0 aliphatic heterocycles. The Balaban J connectivity index is 2.09. The minimum absolute atomic E-state index is 0.162. The fraction of sp³-hybridized carbons (Fsp3) is 0.200. The van der Waals surface area contributed by atoms with Gasteiger partial charge < -0.3 is 0 Å². The van der Waals surface area contributed by atoms with Gasteiger partial charge in [-0.3, -0.25) is 9.79 Å². The van der Waals surface area contributed by atoms with Gasteiger partial charge in [0.05, 0.1) is 5.02 Å². The first-order valence-electron chi connectivity index (χ1n) is 7.75. The number of aliphatic imine (C=N–C) groups is 1. The van der Waals surface area contributed by atoms with E-state index in [0.717, 1.165) is 29.1 Å². The highest BCUT2D eigenvalue weighted by atomic mass is 35.5. The molecular weight excluding hydrogens is 341 g/mol. The summed E-state index contributed by atoms with van der Waals surface area (Å²) in [6.45, 7) is 3.73. The lowest BCUT2D eigenvalue weighted by atomic mass is 10.1. The van der Waals surface area contributed by atoms with E-state index in [1.165, 1.54) is 0 Å². The molecule has 4 heteroatoms. The van der Waals surface area contributed by atoms with E-state index in [4.69, 9.17) is 23.2 Å². The van der Waals surface area contributed by atoms with Crippen molar-refractivity contribution in [3.8, 4) is 0 Å². The third kappa shape index (κ3) is 5.05. The number of ketones is 1. The summed E-state index contributed by atoms with van der Waals surface area (Å²) in [7, 11) is 0. The fourth-order valence-corrected chi connectivity index (χ4v) is 2.74. The zero-order valence-electron chi connectivity index (χ0n) is 13.7. The van der Waals surface area contributed by atoms with Crippen LogP contribution in [0.25, 0.3) is 0 Å². The molecule has 0 atom stereocenters.